The van der Waals surface area contributed by atoms with Gasteiger partial charge in [0.05, 0.1) is 6.04 Å². The SMILES string of the molecule is CC[C@H](Oc1cccc(C)c1C)C(=O)N[C@H](C)c1ccc(N2CCC[C@@H](C)C2)cc1. The molecule has 1 fully saturated rings. The number of amides is 1. The zero-order chi connectivity index (χ0) is 21.7. The molecule has 3 atom stereocenters. The van der Waals surface area contributed by atoms with Crippen molar-refractivity contribution in [1.82, 2.24) is 5.32 Å². The topological polar surface area (TPSA) is 41.6 Å². The summed E-state index contributed by atoms with van der Waals surface area (Å²) >= 11 is 0. The zero-order valence-corrected chi connectivity index (χ0v) is 19.1. The quantitative estimate of drug-likeness (QED) is 0.651. The Balaban J connectivity index is 1.61. The van der Waals surface area contributed by atoms with Gasteiger partial charge in [-0.2, -0.15) is 0 Å². The molecule has 0 saturated carbocycles. The Hall–Kier alpha value is -2.49. The smallest absolute Gasteiger partial charge is 0.261 e. The molecular formula is C26H36N2O2. The van der Waals surface area contributed by atoms with Crippen LogP contribution in [0.15, 0.2) is 42.5 Å². The van der Waals surface area contributed by atoms with E-state index in [2.05, 4.69) is 54.4 Å². The van der Waals surface area contributed by atoms with E-state index in [-0.39, 0.29) is 11.9 Å². The molecule has 1 aliphatic rings. The van der Waals surface area contributed by atoms with Crippen LogP contribution in [-0.4, -0.2) is 25.1 Å². The largest absolute Gasteiger partial charge is 0.480 e. The van der Waals surface area contributed by atoms with Gasteiger partial charge >= 0.3 is 0 Å². The molecule has 2 aromatic rings. The fraction of sp³-hybridized carbons (Fsp3) is 0.500. The second-order valence-electron chi connectivity index (χ2n) is 8.73. The number of aryl methyl sites for hydroxylation is 1. The molecule has 0 aromatic heterocycles. The van der Waals surface area contributed by atoms with E-state index in [0.717, 1.165) is 35.9 Å². The van der Waals surface area contributed by atoms with Crippen LogP contribution in [0.2, 0.25) is 0 Å². The van der Waals surface area contributed by atoms with Crippen molar-refractivity contribution in [3.05, 3.63) is 59.2 Å². The van der Waals surface area contributed by atoms with Gasteiger partial charge in [0, 0.05) is 18.8 Å². The Morgan fingerprint density at radius 3 is 2.60 bits per heavy atom. The second kappa shape index (κ2) is 10.0. The lowest BCUT2D eigenvalue weighted by atomic mass is 9.99. The highest BCUT2D eigenvalue weighted by Gasteiger charge is 2.22. The van der Waals surface area contributed by atoms with Gasteiger partial charge in [0.15, 0.2) is 6.10 Å². The number of benzene rings is 2. The van der Waals surface area contributed by atoms with Crippen molar-refractivity contribution in [3.63, 3.8) is 0 Å². The standard InChI is InChI=1S/C26H36N2O2/c1-6-24(30-25-11-7-10-19(3)20(25)4)26(29)27-21(5)22-12-14-23(15-13-22)28-16-8-9-18(2)17-28/h7,10-15,18,21,24H,6,8-9,16-17H2,1-5H3,(H,27,29)/t18-,21-,24+/m1/s1. The molecule has 4 nitrogen and oxygen atoms in total. The molecule has 1 saturated heterocycles. The molecule has 30 heavy (non-hydrogen) atoms. The van der Waals surface area contributed by atoms with E-state index in [9.17, 15) is 4.79 Å². The number of ether oxygens (including phenoxy) is 1. The third-order valence-electron chi connectivity index (χ3n) is 6.26. The third kappa shape index (κ3) is 5.35. The van der Waals surface area contributed by atoms with E-state index in [1.165, 1.54) is 24.1 Å². The van der Waals surface area contributed by atoms with Gasteiger partial charge < -0.3 is 15.0 Å². The molecule has 2 aromatic carbocycles. The van der Waals surface area contributed by atoms with Crippen molar-refractivity contribution in [2.45, 2.75) is 66.0 Å². The summed E-state index contributed by atoms with van der Waals surface area (Å²) in [5.41, 5.74) is 4.63. The number of hydrogen-bond acceptors (Lipinski definition) is 3. The van der Waals surface area contributed by atoms with Crippen LogP contribution in [0, 0.1) is 19.8 Å². The fourth-order valence-corrected chi connectivity index (χ4v) is 4.11. The van der Waals surface area contributed by atoms with Crippen LogP contribution in [0.25, 0.3) is 0 Å². The van der Waals surface area contributed by atoms with Gasteiger partial charge in [-0.05, 0) is 80.8 Å². The van der Waals surface area contributed by atoms with Crippen molar-refractivity contribution in [3.8, 4) is 5.75 Å². The molecule has 4 heteroatoms. The van der Waals surface area contributed by atoms with Gasteiger partial charge in [0.1, 0.15) is 5.75 Å². The van der Waals surface area contributed by atoms with Crippen LogP contribution in [0.5, 0.6) is 5.75 Å². The van der Waals surface area contributed by atoms with Crippen LogP contribution in [0.1, 0.15) is 62.8 Å². The average Bonchev–Trinajstić information content (AvgIpc) is 2.74. The molecule has 162 valence electrons. The minimum atomic E-state index is -0.498. The van der Waals surface area contributed by atoms with Crippen LogP contribution in [0.4, 0.5) is 5.69 Å². The van der Waals surface area contributed by atoms with Crippen LogP contribution < -0.4 is 15.0 Å². The van der Waals surface area contributed by atoms with Gasteiger partial charge in [-0.3, -0.25) is 4.79 Å². The van der Waals surface area contributed by atoms with E-state index in [4.69, 9.17) is 4.74 Å². The highest BCUT2D eigenvalue weighted by molar-refractivity contribution is 5.81. The monoisotopic (exact) mass is 408 g/mol. The number of hydrogen-bond donors (Lipinski definition) is 1. The molecule has 0 aliphatic carbocycles. The van der Waals surface area contributed by atoms with Gasteiger partial charge in [-0.1, -0.05) is 38.1 Å². The fourth-order valence-electron chi connectivity index (χ4n) is 4.11. The first-order chi connectivity index (χ1) is 14.4. The Labute approximate surface area is 181 Å². The van der Waals surface area contributed by atoms with Crippen LogP contribution >= 0.6 is 0 Å². The lowest BCUT2D eigenvalue weighted by molar-refractivity contribution is -0.128. The van der Waals surface area contributed by atoms with Crippen LogP contribution in [-0.2, 0) is 4.79 Å². The van der Waals surface area contributed by atoms with Gasteiger partial charge in [-0.15, -0.1) is 0 Å². The van der Waals surface area contributed by atoms with Crippen molar-refractivity contribution in [2.75, 3.05) is 18.0 Å². The number of rotatable bonds is 7. The lowest BCUT2D eigenvalue weighted by Crippen LogP contribution is -2.39. The highest BCUT2D eigenvalue weighted by Crippen LogP contribution is 2.25. The molecule has 0 radical (unpaired) electrons. The van der Waals surface area contributed by atoms with E-state index >= 15 is 0 Å². The van der Waals surface area contributed by atoms with Crippen LogP contribution in [0.3, 0.4) is 0 Å². The summed E-state index contributed by atoms with van der Waals surface area (Å²) in [4.78, 5) is 15.3. The minimum Gasteiger partial charge on any atom is -0.480 e. The minimum absolute atomic E-state index is 0.0666. The number of piperidine rings is 1. The highest BCUT2D eigenvalue weighted by atomic mass is 16.5. The predicted octanol–water partition coefficient (Wildman–Crippen LogP) is 5.57. The summed E-state index contributed by atoms with van der Waals surface area (Å²) < 4.78 is 6.06. The van der Waals surface area contributed by atoms with Crippen molar-refractivity contribution >= 4 is 11.6 Å². The number of anilines is 1. The molecule has 3 rings (SSSR count). The maximum Gasteiger partial charge on any atom is 0.261 e. The lowest BCUT2D eigenvalue weighted by Gasteiger charge is -2.33. The number of carbonyl (C=O) groups excluding carboxylic acids is 1. The predicted molar refractivity (Wildman–Crippen MR) is 124 cm³/mol. The normalized spacial score (nSPS) is 18.6. The maximum absolute atomic E-state index is 12.9. The number of carbonyl (C=O) groups is 1. The van der Waals surface area contributed by atoms with E-state index in [1.54, 1.807) is 0 Å². The van der Waals surface area contributed by atoms with E-state index in [1.807, 2.05) is 32.9 Å². The van der Waals surface area contributed by atoms with Crippen molar-refractivity contribution in [1.29, 1.82) is 0 Å². The first kappa shape index (κ1) is 22.2. The molecule has 1 N–H and O–H groups in total. The molecule has 0 bridgehead atoms. The van der Waals surface area contributed by atoms with Gasteiger partial charge in [0.25, 0.3) is 5.91 Å². The average molecular weight is 409 g/mol. The molecule has 1 aliphatic heterocycles. The van der Waals surface area contributed by atoms with Crippen molar-refractivity contribution in [2.24, 2.45) is 5.92 Å². The number of nitrogens with zero attached hydrogens (tertiary/aromatic N) is 1. The van der Waals surface area contributed by atoms with E-state index in [0.29, 0.717) is 6.42 Å². The molecule has 1 amide bonds. The van der Waals surface area contributed by atoms with E-state index < -0.39 is 6.10 Å². The number of nitrogens with one attached hydrogen (secondary N) is 1. The summed E-state index contributed by atoms with van der Waals surface area (Å²) in [5, 5.41) is 3.13. The summed E-state index contributed by atoms with van der Waals surface area (Å²) in [6.07, 6.45) is 2.70. The first-order valence-electron chi connectivity index (χ1n) is 11.3. The zero-order valence-electron chi connectivity index (χ0n) is 19.1. The Kier molecular flexibility index (Phi) is 7.41. The molecule has 0 spiro atoms. The summed E-state index contributed by atoms with van der Waals surface area (Å²) in [7, 11) is 0. The third-order valence-corrected chi connectivity index (χ3v) is 6.26. The Morgan fingerprint density at radius 1 is 1.20 bits per heavy atom. The summed E-state index contributed by atoms with van der Waals surface area (Å²) in [6, 6.07) is 14.5. The first-order valence-corrected chi connectivity index (χ1v) is 11.3. The summed E-state index contributed by atoms with van der Waals surface area (Å²) in [6.45, 7) is 12.7. The molecule has 0 unspecified atom stereocenters. The Morgan fingerprint density at radius 2 is 1.93 bits per heavy atom. The second-order valence-corrected chi connectivity index (χ2v) is 8.73. The maximum atomic E-state index is 12.9. The summed E-state index contributed by atoms with van der Waals surface area (Å²) in [5.74, 6) is 1.46. The van der Waals surface area contributed by atoms with Gasteiger partial charge in [-0.25, -0.2) is 0 Å². The molecular weight excluding hydrogens is 372 g/mol. The molecule has 1 heterocycles. The van der Waals surface area contributed by atoms with Crippen molar-refractivity contribution < 1.29 is 9.53 Å². The Bertz CT molecular complexity index is 847. The van der Waals surface area contributed by atoms with Gasteiger partial charge in [0.2, 0.25) is 0 Å².